The first-order valence-corrected chi connectivity index (χ1v) is 5.86. The van der Waals surface area contributed by atoms with Crippen LogP contribution in [0, 0.1) is 0 Å². The molecule has 0 aromatic heterocycles. The SMILES string of the molecule is COc1cc(C(=O)O)ccc1OCC1CCCO1. The molecule has 1 aliphatic rings. The maximum Gasteiger partial charge on any atom is 0.335 e. The van der Waals surface area contributed by atoms with Crippen molar-refractivity contribution < 1.29 is 24.1 Å². The van der Waals surface area contributed by atoms with Crippen molar-refractivity contribution >= 4 is 5.97 Å². The molecule has 1 aliphatic heterocycles. The van der Waals surface area contributed by atoms with Gasteiger partial charge in [-0.2, -0.15) is 0 Å². The number of methoxy groups -OCH3 is 1. The Morgan fingerprint density at radius 1 is 1.50 bits per heavy atom. The topological polar surface area (TPSA) is 65.0 Å². The van der Waals surface area contributed by atoms with Crippen molar-refractivity contribution in [1.82, 2.24) is 0 Å². The lowest BCUT2D eigenvalue weighted by Gasteiger charge is -2.14. The number of benzene rings is 1. The first-order valence-electron chi connectivity index (χ1n) is 5.86. The highest BCUT2D eigenvalue weighted by atomic mass is 16.5. The minimum absolute atomic E-state index is 0.119. The summed E-state index contributed by atoms with van der Waals surface area (Å²) in [5.41, 5.74) is 0.177. The summed E-state index contributed by atoms with van der Waals surface area (Å²) in [7, 11) is 1.49. The van der Waals surface area contributed by atoms with Crippen molar-refractivity contribution in [3.05, 3.63) is 23.8 Å². The van der Waals surface area contributed by atoms with Crippen LogP contribution in [0.2, 0.25) is 0 Å². The summed E-state index contributed by atoms with van der Waals surface area (Å²) in [6.45, 7) is 1.24. The van der Waals surface area contributed by atoms with Gasteiger partial charge in [-0.1, -0.05) is 0 Å². The largest absolute Gasteiger partial charge is 0.493 e. The van der Waals surface area contributed by atoms with Crippen molar-refractivity contribution in [2.75, 3.05) is 20.3 Å². The molecule has 0 aliphatic carbocycles. The first-order chi connectivity index (χ1) is 8.70. The van der Waals surface area contributed by atoms with E-state index in [-0.39, 0.29) is 11.7 Å². The molecule has 1 unspecified atom stereocenters. The molecule has 1 N–H and O–H groups in total. The fourth-order valence-electron chi connectivity index (χ4n) is 1.88. The van der Waals surface area contributed by atoms with Gasteiger partial charge in [-0.15, -0.1) is 0 Å². The van der Waals surface area contributed by atoms with E-state index in [9.17, 15) is 4.79 Å². The van der Waals surface area contributed by atoms with Crippen molar-refractivity contribution in [2.45, 2.75) is 18.9 Å². The minimum Gasteiger partial charge on any atom is -0.493 e. The van der Waals surface area contributed by atoms with Gasteiger partial charge in [0.05, 0.1) is 18.8 Å². The molecule has 1 saturated heterocycles. The van der Waals surface area contributed by atoms with Crippen LogP contribution in [-0.4, -0.2) is 37.5 Å². The molecule has 0 radical (unpaired) electrons. The number of aromatic carboxylic acids is 1. The summed E-state index contributed by atoms with van der Waals surface area (Å²) in [6.07, 6.45) is 2.17. The van der Waals surface area contributed by atoms with Crippen LogP contribution in [-0.2, 0) is 4.74 Å². The van der Waals surface area contributed by atoms with Crippen LogP contribution in [0.5, 0.6) is 11.5 Å². The fraction of sp³-hybridized carbons (Fsp3) is 0.462. The van der Waals surface area contributed by atoms with Crippen molar-refractivity contribution in [3.63, 3.8) is 0 Å². The van der Waals surface area contributed by atoms with Gasteiger partial charge in [0, 0.05) is 6.61 Å². The number of carboxylic acids is 1. The number of carbonyl (C=O) groups is 1. The summed E-state index contributed by atoms with van der Waals surface area (Å²) in [4.78, 5) is 10.8. The lowest BCUT2D eigenvalue weighted by Crippen LogP contribution is -2.16. The third-order valence-electron chi connectivity index (χ3n) is 2.86. The minimum atomic E-state index is -0.987. The molecular formula is C13H16O5. The molecule has 1 aromatic rings. The highest BCUT2D eigenvalue weighted by Gasteiger charge is 2.17. The van der Waals surface area contributed by atoms with Crippen molar-refractivity contribution in [3.8, 4) is 11.5 Å². The molecule has 2 rings (SSSR count). The summed E-state index contributed by atoms with van der Waals surface area (Å²) in [5.74, 6) is -0.0233. The molecular weight excluding hydrogens is 236 g/mol. The zero-order valence-corrected chi connectivity index (χ0v) is 10.2. The van der Waals surface area contributed by atoms with E-state index in [4.69, 9.17) is 19.3 Å². The van der Waals surface area contributed by atoms with Gasteiger partial charge < -0.3 is 19.3 Å². The third kappa shape index (κ3) is 2.92. The van der Waals surface area contributed by atoms with E-state index in [0.29, 0.717) is 18.1 Å². The fourth-order valence-corrected chi connectivity index (χ4v) is 1.88. The molecule has 0 amide bonds. The van der Waals surface area contributed by atoms with Gasteiger partial charge in [-0.25, -0.2) is 4.79 Å². The van der Waals surface area contributed by atoms with Crippen LogP contribution in [0.25, 0.3) is 0 Å². The second-order valence-electron chi connectivity index (χ2n) is 4.12. The maximum absolute atomic E-state index is 10.8. The normalized spacial score (nSPS) is 18.6. The van der Waals surface area contributed by atoms with Gasteiger partial charge in [0.2, 0.25) is 0 Å². The molecule has 98 valence electrons. The van der Waals surface area contributed by atoms with E-state index in [1.165, 1.54) is 19.2 Å². The predicted molar refractivity (Wildman–Crippen MR) is 64.4 cm³/mol. The number of rotatable bonds is 5. The summed E-state index contributed by atoms with van der Waals surface area (Å²) < 4.78 is 16.2. The lowest BCUT2D eigenvalue weighted by atomic mass is 10.2. The van der Waals surface area contributed by atoms with Crippen molar-refractivity contribution in [1.29, 1.82) is 0 Å². The van der Waals surface area contributed by atoms with E-state index >= 15 is 0 Å². The van der Waals surface area contributed by atoms with Crippen LogP contribution in [0.15, 0.2) is 18.2 Å². The predicted octanol–water partition coefficient (Wildman–Crippen LogP) is 1.95. The molecule has 1 fully saturated rings. The van der Waals surface area contributed by atoms with E-state index < -0.39 is 5.97 Å². The van der Waals surface area contributed by atoms with Gasteiger partial charge >= 0.3 is 5.97 Å². The van der Waals surface area contributed by atoms with Gasteiger partial charge in [0.1, 0.15) is 6.61 Å². The summed E-state index contributed by atoms with van der Waals surface area (Å²) >= 11 is 0. The van der Waals surface area contributed by atoms with Crippen LogP contribution in [0.4, 0.5) is 0 Å². The smallest absolute Gasteiger partial charge is 0.335 e. The van der Waals surface area contributed by atoms with Crippen LogP contribution in [0.3, 0.4) is 0 Å². The molecule has 18 heavy (non-hydrogen) atoms. The average molecular weight is 252 g/mol. The Balaban J connectivity index is 2.04. The highest BCUT2D eigenvalue weighted by molar-refractivity contribution is 5.88. The maximum atomic E-state index is 10.8. The van der Waals surface area contributed by atoms with Crippen LogP contribution in [0.1, 0.15) is 23.2 Å². The zero-order valence-electron chi connectivity index (χ0n) is 10.2. The number of hydrogen-bond donors (Lipinski definition) is 1. The molecule has 1 aromatic carbocycles. The number of ether oxygens (including phenoxy) is 3. The Morgan fingerprint density at radius 2 is 2.33 bits per heavy atom. The molecule has 1 atom stereocenters. The van der Waals surface area contributed by atoms with Crippen LogP contribution < -0.4 is 9.47 Å². The Hall–Kier alpha value is -1.75. The van der Waals surface area contributed by atoms with Gasteiger partial charge in [0.15, 0.2) is 11.5 Å². The molecule has 0 bridgehead atoms. The molecule has 0 spiro atoms. The number of hydrogen-bond acceptors (Lipinski definition) is 4. The van der Waals surface area contributed by atoms with E-state index in [1.54, 1.807) is 6.07 Å². The zero-order chi connectivity index (χ0) is 13.0. The van der Waals surface area contributed by atoms with E-state index in [0.717, 1.165) is 19.4 Å². The standard InChI is InChI=1S/C13H16O5/c1-16-12-7-9(13(14)15)4-5-11(12)18-8-10-3-2-6-17-10/h4-5,7,10H,2-3,6,8H2,1H3,(H,14,15). The molecule has 5 heteroatoms. The van der Waals surface area contributed by atoms with Crippen LogP contribution >= 0.6 is 0 Å². The quantitative estimate of drug-likeness (QED) is 0.867. The second-order valence-corrected chi connectivity index (χ2v) is 4.12. The Labute approximate surface area is 105 Å². The summed E-state index contributed by atoms with van der Waals surface area (Å²) in [5, 5.41) is 8.88. The third-order valence-corrected chi connectivity index (χ3v) is 2.86. The molecule has 5 nitrogen and oxygen atoms in total. The molecule has 1 heterocycles. The highest BCUT2D eigenvalue weighted by Crippen LogP contribution is 2.28. The van der Waals surface area contributed by atoms with E-state index in [2.05, 4.69) is 0 Å². The second kappa shape index (κ2) is 5.73. The average Bonchev–Trinajstić information content (AvgIpc) is 2.89. The lowest BCUT2D eigenvalue weighted by molar-refractivity contribution is 0.0665. The van der Waals surface area contributed by atoms with Gasteiger partial charge in [0.25, 0.3) is 0 Å². The van der Waals surface area contributed by atoms with Gasteiger partial charge in [-0.3, -0.25) is 0 Å². The van der Waals surface area contributed by atoms with Gasteiger partial charge in [-0.05, 0) is 31.0 Å². The monoisotopic (exact) mass is 252 g/mol. The van der Waals surface area contributed by atoms with E-state index in [1.807, 2.05) is 0 Å². The molecule has 0 saturated carbocycles. The first kappa shape index (κ1) is 12.7. The summed E-state index contributed by atoms with van der Waals surface area (Å²) in [6, 6.07) is 4.56. The Morgan fingerprint density at radius 3 is 2.94 bits per heavy atom. The Kier molecular flexibility index (Phi) is 4.04. The van der Waals surface area contributed by atoms with Crippen molar-refractivity contribution in [2.24, 2.45) is 0 Å². The Bertz CT molecular complexity index is 423. The number of carboxylic acid groups (broad SMARTS) is 1.